The second-order valence-corrected chi connectivity index (χ2v) is 5.23. The van der Waals surface area contributed by atoms with E-state index in [4.69, 9.17) is 5.11 Å². The monoisotopic (exact) mass is 313 g/mol. The zero-order valence-corrected chi connectivity index (χ0v) is 11.5. The van der Waals surface area contributed by atoms with E-state index in [0.29, 0.717) is 14.3 Å². The molecule has 21 heavy (non-hydrogen) atoms. The van der Waals surface area contributed by atoms with Gasteiger partial charge in [0.1, 0.15) is 12.3 Å². The summed E-state index contributed by atoms with van der Waals surface area (Å²) in [6, 6.07) is 6.32. The lowest BCUT2D eigenvalue weighted by Gasteiger charge is -2.13. The fourth-order valence-electron chi connectivity index (χ4n) is 1.74. The topological polar surface area (TPSA) is 42.2 Å². The first kappa shape index (κ1) is 15.4. The van der Waals surface area contributed by atoms with Crippen LogP contribution < -0.4 is 5.56 Å². The Labute approximate surface area is 122 Å². The Morgan fingerprint density at radius 2 is 2.00 bits per heavy atom. The molecule has 2 aromatic rings. The highest BCUT2D eigenvalue weighted by Crippen LogP contribution is 2.29. The summed E-state index contributed by atoms with van der Waals surface area (Å²) in [5, 5.41) is 8.59. The van der Waals surface area contributed by atoms with Gasteiger partial charge in [-0.3, -0.25) is 9.36 Å². The van der Waals surface area contributed by atoms with Crippen molar-refractivity contribution >= 4 is 11.3 Å². The van der Waals surface area contributed by atoms with Crippen molar-refractivity contribution in [3.8, 4) is 11.8 Å². The van der Waals surface area contributed by atoms with E-state index in [1.54, 1.807) is 12.1 Å². The first-order valence-electron chi connectivity index (χ1n) is 5.87. The molecule has 0 bridgehead atoms. The summed E-state index contributed by atoms with van der Waals surface area (Å²) in [5.74, 6) is 5.13. The standard InChI is InChI=1S/C14H10F3NO2S/c15-14(16,17)12-4-1-5-13(20)18(12)9-11-7-6-10(21-11)3-2-8-19/h1,4-7,19H,8-9H2. The van der Waals surface area contributed by atoms with Gasteiger partial charge in [-0.25, -0.2) is 0 Å². The molecule has 1 N–H and O–H groups in total. The Morgan fingerprint density at radius 1 is 1.24 bits per heavy atom. The highest BCUT2D eigenvalue weighted by molar-refractivity contribution is 7.12. The molecule has 7 heteroatoms. The summed E-state index contributed by atoms with van der Waals surface area (Å²) in [7, 11) is 0. The molecule has 0 aliphatic carbocycles. The van der Waals surface area contributed by atoms with Crippen molar-refractivity contribution in [2.24, 2.45) is 0 Å². The third-order valence-corrected chi connectivity index (χ3v) is 3.59. The molecular formula is C14H10F3NO2S. The van der Waals surface area contributed by atoms with Gasteiger partial charge in [0.2, 0.25) is 0 Å². The average Bonchev–Trinajstić information content (AvgIpc) is 2.85. The Hall–Kier alpha value is -2.04. The second kappa shape index (κ2) is 6.16. The Kier molecular flexibility index (Phi) is 4.50. The fraction of sp³-hybridized carbons (Fsp3) is 0.214. The lowest BCUT2D eigenvalue weighted by atomic mass is 10.3. The van der Waals surface area contributed by atoms with E-state index >= 15 is 0 Å². The van der Waals surface area contributed by atoms with E-state index in [2.05, 4.69) is 11.8 Å². The third-order valence-electron chi connectivity index (χ3n) is 2.61. The minimum absolute atomic E-state index is 0.167. The second-order valence-electron chi connectivity index (χ2n) is 4.06. The van der Waals surface area contributed by atoms with Crippen LogP contribution in [0.15, 0.2) is 35.1 Å². The largest absolute Gasteiger partial charge is 0.431 e. The highest BCUT2D eigenvalue weighted by atomic mass is 32.1. The molecule has 2 heterocycles. The Balaban J connectivity index is 2.36. The lowest BCUT2D eigenvalue weighted by Crippen LogP contribution is -2.27. The maximum absolute atomic E-state index is 12.9. The predicted octanol–water partition coefficient (Wildman–Crippen LogP) is 2.32. The number of alkyl halides is 3. The summed E-state index contributed by atoms with van der Waals surface area (Å²) in [6.07, 6.45) is -4.59. The third kappa shape index (κ3) is 3.74. The molecule has 0 spiro atoms. The van der Waals surface area contributed by atoms with Crippen LogP contribution >= 0.6 is 11.3 Å². The molecule has 2 rings (SSSR count). The van der Waals surface area contributed by atoms with Crippen LogP contribution in [0.1, 0.15) is 15.4 Å². The van der Waals surface area contributed by atoms with Gasteiger partial charge in [0.15, 0.2) is 0 Å². The highest BCUT2D eigenvalue weighted by Gasteiger charge is 2.34. The van der Waals surface area contributed by atoms with Crippen LogP contribution in [0, 0.1) is 11.8 Å². The van der Waals surface area contributed by atoms with Gasteiger partial charge in [0, 0.05) is 10.9 Å². The average molecular weight is 313 g/mol. The normalized spacial score (nSPS) is 11.0. The minimum atomic E-state index is -4.59. The molecule has 0 radical (unpaired) electrons. The quantitative estimate of drug-likeness (QED) is 0.865. The molecule has 0 atom stereocenters. The summed E-state index contributed by atoms with van der Waals surface area (Å²) in [4.78, 5) is 12.9. The molecule has 0 aromatic carbocycles. The number of aromatic nitrogens is 1. The van der Waals surface area contributed by atoms with Gasteiger partial charge in [-0.2, -0.15) is 13.2 Å². The molecule has 0 fully saturated rings. The number of pyridine rings is 1. The van der Waals surface area contributed by atoms with Crippen LogP contribution in [0.4, 0.5) is 13.2 Å². The number of halogens is 3. The van der Waals surface area contributed by atoms with Crippen LogP contribution in [0.5, 0.6) is 0 Å². The first-order valence-corrected chi connectivity index (χ1v) is 6.69. The summed E-state index contributed by atoms with van der Waals surface area (Å²) >= 11 is 1.18. The molecule has 2 aromatic heterocycles. The van der Waals surface area contributed by atoms with E-state index in [-0.39, 0.29) is 13.2 Å². The van der Waals surface area contributed by atoms with E-state index in [9.17, 15) is 18.0 Å². The number of thiophene rings is 1. The first-order chi connectivity index (χ1) is 9.91. The molecule has 0 aliphatic rings. The van der Waals surface area contributed by atoms with Crippen molar-refractivity contribution in [3.63, 3.8) is 0 Å². The van der Waals surface area contributed by atoms with Crippen LogP contribution in [0.3, 0.4) is 0 Å². The minimum Gasteiger partial charge on any atom is -0.384 e. The van der Waals surface area contributed by atoms with Crippen molar-refractivity contribution in [2.45, 2.75) is 12.7 Å². The number of hydrogen-bond acceptors (Lipinski definition) is 3. The lowest BCUT2D eigenvalue weighted by molar-refractivity contribution is -0.144. The number of rotatable bonds is 2. The SMILES string of the molecule is O=c1cccc(C(F)(F)F)n1Cc1ccc(C#CCO)s1. The summed E-state index contributed by atoms with van der Waals surface area (Å²) in [6.45, 7) is -0.455. The molecule has 110 valence electrons. The van der Waals surface area contributed by atoms with Gasteiger partial charge in [0.05, 0.1) is 11.4 Å². The summed E-state index contributed by atoms with van der Waals surface area (Å²) < 4.78 is 39.4. The van der Waals surface area contributed by atoms with Crippen molar-refractivity contribution in [1.82, 2.24) is 4.57 Å². The summed E-state index contributed by atoms with van der Waals surface area (Å²) in [5.41, 5.74) is -1.69. The number of aliphatic hydroxyl groups is 1. The Morgan fingerprint density at radius 3 is 2.67 bits per heavy atom. The fourth-order valence-corrected chi connectivity index (χ4v) is 2.61. The number of aliphatic hydroxyl groups excluding tert-OH is 1. The van der Waals surface area contributed by atoms with E-state index in [1.807, 2.05) is 0 Å². The molecule has 0 saturated carbocycles. The van der Waals surface area contributed by atoms with Crippen LogP contribution in [0.2, 0.25) is 0 Å². The molecule has 0 saturated heterocycles. The zero-order valence-electron chi connectivity index (χ0n) is 10.6. The molecule has 0 unspecified atom stereocenters. The van der Waals surface area contributed by atoms with Crippen molar-refractivity contribution < 1.29 is 18.3 Å². The number of hydrogen-bond donors (Lipinski definition) is 1. The van der Waals surface area contributed by atoms with Crippen LogP contribution in [0.25, 0.3) is 0 Å². The van der Waals surface area contributed by atoms with Crippen molar-refractivity contribution in [2.75, 3.05) is 6.61 Å². The van der Waals surface area contributed by atoms with Gasteiger partial charge in [0.25, 0.3) is 5.56 Å². The van der Waals surface area contributed by atoms with Gasteiger partial charge in [-0.05, 0) is 18.2 Å². The van der Waals surface area contributed by atoms with Gasteiger partial charge >= 0.3 is 6.18 Å². The molecular weight excluding hydrogens is 303 g/mol. The smallest absolute Gasteiger partial charge is 0.384 e. The van der Waals surface area contributed by atoms with Gasteiger partial charge in [-0.15, -0.1) is 11.3 Å². The zero-order chi connectivity index (χ0) is 15.5. The maximum Gasteiger partial charge on any atom is 0.431 e. The van der Waals surface area contributed by atoms with Crippen molar-refractivity contribution in [1.29, 1.82) is 0 Å². The van der Waals surface area contributed by atoms with E-state index in [0.717, 1.165) is 18.2 Å². The van der Waals surface area contributed by atoms with Crippen LogP contribution in [-0.4, -0.2) is 16.3 Å². The molecule has 0 aliphatic heterocycles. The van der Waals surface area contributed by atoms with Gasteiger partial charge < -0.3 is 5.11 Å². The predicted molar refractivity (Wildman–Crippen MR) is 73.1 cm³/mol. The van der Waals surface area contributed by atoms with Crippen LogP contribution in [-0.2, 0) is 12.7 Å². The number of nitrogens with zero attached hydrogens (tertiary/aromatic N) is 1. The molecule has 3 nitrogen and oxygen atoms in total. The maximum atomic E-state index is 12.9. The van der Waals surface area contributed by atoms with E-state index < -0.39 is 17.4 Å². The Bertz CT molecular complexity index is 750. The van der Waals surface area contributed by atoms with E-state index in [1.165, 1.54) is 11.3 Å². The molecule has 0 amide bonds. The van der Waals surface area contributed by atoms with Gasteiger partial charge in [-0.1, -0.05) is 17.9 Å². The van der Waals surface area contributed by atoms with Crippen molar-refractivity contribution in [3.05, 3.63) is 56.1 Å².